The Balaban J connectivity index is 2.66. The van der Waals surface area contributed by atoms with Crippen LogP contribution in [0.15, 0.2) is 42.5 Å². The van der Waals surface area contributed by atoms with Gasteiger partial charge >= 0.3 is 6.09 Å². The van der Waals surface area contributed by atoms with Crippen LogP contribution in [-0.2, 0) is 20.7 Å². The van der Waals surface area contributed by atoms with Gasteiger partial charge in [-0.3, -0.25) is 9.59 Å². The van der Waals surface area contributed by atoms with Crippen LogP contribution in [0, 0.1) is 19.8 Å². The highest BCUT2D eigenvalue weighted by atomic mass is 16.6. The Kier molecular flexibility index (Phi) is 11.0. The molecule has 3 atom stereocenters. The topological polar surface area (TPSA) is 87.7 Å². The van der Waals surface area contributed by atoms with Crippen molar-refractivity contribution < 1.29 is 19.1 Å². The van der Waals surface area contributed by atoms with E-state index < -0.39 is 29.3 Å². The minimum atomic E-state index is -0.940. The number of amides is 3. The monoisotopic (exact) mass is 551 g/mol. The summed E-state index contributed by atoms with van der Waals surface area (Å²) >= 11 is 0. The molecule has 0 bridgehead atoms. The van der Waals surface area contributed by atoms with Crippen molar-refractivity contribution in [2.24, 2.45) is 5.92 Å². The fraction of sp³-hybridized carbons (Fsp3) is 0.545. The largest absolute Gasteiger partial charge is 0.444 e. The van der Waals surface area contributed by atoms with Gasteiger partial charge in [0.15, 0.2) is 0 Å². The summed E-state index contributed by atoms with van der Waals surface area (Å²) < 4.78 is 5.50. The quantitative estimate of drug-likeness (QED) is 0.348. The Labute approximate surface area is 241 Å². The fourth-order valence-electron chi connectivity index (χ4n) is 4.67. The maximum Gasteiger partial charge on any atom is 0.408 e. The molecule has 0 aliphatic rings. The number of hydrogen-bond acceptors (Lipinski definition) is 4. The van der Waals surface area contributed by atoms with Gasteiger partial charge < -0.3 is 20.3 Å². The minimum absolute atomic E-state index is 0.199. The molecule has 3 amide bonds. The van der Waals surface area contributed by atoms with E-state index in [1.807, 2.05) is 90.9 Å². The molecule has 0 fully saturated rings. The SMILES string of the molecule is CCc1ccc(C(C(=O)Nc2c(C)cccc2C)N(C(=O)C(NC(=O)OC(C)(C)C)C(C)CC)C(C)(C)C)cc1. The highest BCUT2D eigenvalue weighted by molar-refractivity contribution is 6.00. The van der Waals surface area contributed by atoms with Crippen LogP contribution in [0.5, 0.6) is 0 Å². The first-order chi connectivity index (χ1) is 18.5. The van der Waals surface area contributed by atoms with Crippen LogP contribution in [-0.4, -0.2) is 40.0 Å². The predicted molar refractivity (Wildman–Crippen MR) is 162 cm³/mol. The van der Waals surface area contributed by atoms with Crippen molar-refractivity contribution in [3.63, 3.8) is 0 Å². The Bertz CT molecular complexity index is 1160. The van der Waals surface area contributed by atoms with Crippen molar-refractivity contribution >= 4 is 23.6 Å². The fourth-order valence-corrected chi connectivity index (χ4v) is 4.67. The standard InChI is InChI=1S/C33H49N3O4/c1-12-21(3)27(35-31(39)40-33(9,10)11)30(38)36(32(6,7)8)28(25-19-17-24(13-2)18-20-25)29(37)34-26-22(4)15-14-16-23(26)5/h14-21,27-28H,12-13H2,1-11H3,(H,34,37)(H,35,39). The molecular formula is C33H49N3O4. The summed E-state index contributed by atoms with van der Waals surface area (Å²) in [5.41, 5.74) is 2.96. The van der Waals surface area contributed by atoms with Gasteiger partial charge in [0.05, 0.1) is 0 Å². The number of benzene rings is 2. The lowest BCUT2D eigenvalue weighted by Gasteiger charge is -2.44. The molecule has 40 heavy (non-hydrogen) atoms. The Morgan fingerprint density at radius 3 is 1.90 bits per heavy atom. The van der Waals surface area contributed by atoms with Crippen LogP contribution >= 0.6 is 0 Å². The number of carbonyl (C=O) groups is 3. The molecule has 7 nitrogen and oxygen atoms in total. The highest BCUT2D eigenvalue weighted by Gasteiger charge is 2.43. The molecule has 2 aromatic rings. The summed E-state index contributed by atoms with van der Waals surface area (Å²) in [5, 5.41) is 5.95. The number of anilines is 1. The van der Waals surface area contributed by atoms with Gasteiger partial charge in [-0.1, -0.05) is 69.7 Å². The Morgan fingerprint density at radius 1 is 0.900 bits per heavy atom. The number of rotatable bonds is 9. The van der Waals surface area contributed by atoms with Gasteiger partial charge in [0.25, 0.3) is 5.91 Å². The molecule has 2 N–H and O–H groups in total. The summed E-state index contributed by atoms with van der Waals surface area (Å²) in [6.45, 7) is 20.9. The van der Waals surface area contributed by atoms with Gasteiger partial charge in [-0.05, 0) is 90.0 Å². The first-order valence-electron chi connectivity index (χ1n) is 14.3. The molecular weight excluding hydrogens is 502 g/mol. The average molecular weight is 552 g/mol. The van der Waals surface area contributed by atoms with Crippen molar-refractivity contribution in [2.45, 2.75) is 112 Å². The van der Waals surface area contributed by atoms with E-state index >= 15 is 0 Å². The molecule has 0 radical (unpaired) electrons. The molecule has 220 valence electrons. The number of nitrogens with zero attached hydrogens (tertiary/aromatic N) is 1. The van der Waals surface area contributed by atoms with Gasteiger partial charge in [0.1, 0.15) is 17.7 Å². The summed E-state index contributed by atoms with van der Waals surface area (Å²) in [5.74, 6) is -0.853. The number of para-hydroxylation sites is 1. The number of ether oxygens (including phenoxy) is 1. The second-order valence-corrected chi connectivity index (χ2v) is 12.6. The number of alkyl carbamates (subject to hydrolysis) is 1. The number of aryl methyl sites for hydroxylation is 3. The maximum atomic E-state index is 14.5. The molecule has 3 unspecified atom stereocenters. The lowest BCUT2D eigenvalue weighted by Crippen LogP contribution is -2.59. The van der Waals surface area contributed by atoms with Crippen LogP contribution in [0.3, 0.4) is 0 Å². The summed E-state index contributed by atoms with van der Waals surface area (Å²) in [4.78, 5) is 43.2. The van der Waals surface area contributed by atoms with Gasteiger partial charge in [0.2, 0.25) is 5.91 Å². The molecule has 0 spiro atoms. The molecule has 0 saturated carbocycles. The summed E-state index contributed by atoms with van der Waals surface area (Å²) in [7, 11) is 0. The van der Waals surface area contributed by atoms with Gasteiger partial charge in [-0.15, -0.1) is 0 Å². The van der Waals surface area contributed by atoms with Crippen molar-refractivity contribution in [3.05, 3.63) is 64.7 Å². The van der Waals surface area contributed by atoms with Gasteiger partial charge in [-0.25, -0.2) is 4.79 Å². The van der Waals surface area contributed by atoms with Crippen LogP contribution in [0.4, 0.5) is 10.5 Å². The molecule has 0 aliphatic carbocycles. The van der Waals surface area contributed by atoms with Crippen molar-refractivity contribution in [1.29, 1.82) is 0 Å². The second kappa shape index (κ2) is 13.3. The first-order valence-corrected chi connectivity index (χ1v) is 14.3. The minimum Gasteiger partial charge on any atom is -0.444 e. The van der Waals surface area contributed by atoms with E-state index in [9.17, 15) is 14.4 Å². The summed E-state index contributed by atoms with van der Waals surface area (Å²) in [6, 6.07) is 11.8. The predicted octanol–water partition coefficient (Wildman–Crippen LogP) is 7.11. The number of carbonyl (C=O) groups excluding carboxylic acids is 3. The smallest absolute Gasteiger partial charge is 0.408 e. The molecule has 0 aliphatic heterocycles. The van der Waals surface area contributed by atoms with Gasteiger partial charge in [0, 0.05) is 11.2 Å². The molecule has 0 heterocycles. The van der Waals surface area contributed by atoms with E-state index in [0.717, 1.165) is 28.8 Å². The zero-order valence-corrected chi connectivity index (χ0v) is 26.3. The number of hydrogen-bond donors (Lipinski definition) is 2. The summed E-state index contributed by atoms with van der Waals surface area (Å²) in [6.07, 6.45) is 0.843. The van der Waals surface area contributed by atoms with E-state index in [1.165, 1.54) is 0 Å². The van der Waals surface area contributed by atoms with Crippen LogP contribution < -0.4 is 10.6 Å². The zero-order chi connectivity index (χ0) is 30.4. The Hall–Kier alpha value is -3.35. The third kappa shape index (κ3) is 8.57. The molecule has 2 aromatic carbocycles. The van der Waals surface area contributed by atoms with Crippen LogP contribution in [0.2, 0.25) is 0 Å². The normalized spacial score (nSPS) is 14.1. The number of nitrogens with one attached hydrogen (secondary N) is 2. The van der Waals surface area contributed by atoms with Crippen LogP contribution in [0.1, 0.15) is 97.0 Å². The van der Waals surface area contributed by atoms with Crippen molar-refractivity contribution in [1.82, 2.24) is 10.2 Å². The lowest BCUT2D eigenvalue weighted by atomic mass is 9.91. The second-order valence-electron chi connectivity index (χ2n) is 12.6. The third-order valence-electron chi connectivity index (χ3n) is 7.05. The van der Waals surface area contributed by atoms with Crippen molar-refractivity contribution in [3.8, 4) is 0 Å². The third-order valence-corrected chi connectivity index (χ3v) is 7.05. The van der Waals surface area contributed by atoms with E-state index in [-0.39, 0.29) is 17.7 Å². The molecule has 7 heteroatoms. The molecule has 0 aromatic heterocycles. The van der Waals surface area contributed by atoms with Gasteiger partial charge in [-0.2, -0.15) is 0 Å². The van der Waals surface area contributed by atoms with Crippen molar-refractivity contribution in [2.75, 3.05) is 5.32 Å². The molecule has 2 rings (SSSR count). The van der Waals surface area contributed by atoms with E-state index in [4.69, 9.17) is 4.74 Å². The van der Waals surface area contributed by atoms with E-state index in [2.05, 4.69) is 17.6 Å². The maximum absolute atomic E-state index is 14.5. The first kappa shape index (κ1) is 32.9. The lowest BCUT2D eigenvalue weighted by molar-refractivity contribution is -0.147. The Morgan fingerprint density at radius 2 is 1.45 bits per heavy atom. The average Bonchev–Trinajstić information content (AvgIpc) is 2.85. The zero-order valence-electron chi connectivity index (χ0n) is 26.3. The molecule has 0 saturated heterocycles. The highest BCUT2D eigenvalue weighted by Crippen LogP contribution is 2.33. The van der Waals surface area contributed by atoms with E-state index in [1.54, 1.807) is 25.7 Å². The van der Waals surface area contributed by atoms with Crippen LogP contribution in [0.25, 0.3) is 0 Å². The van der Waals surface area contributed by atoms with E-state index in [0.29, 0.717) is 12.0 Å².